The third kappa shape index (κ3) is 4.32. The Balaban J connectivity index is 1.63. The molecule has 0 unspecified atom stereocenters. The Kier molecular flexibility index (Phi) is 6.03. The van der Waals surface area contributed by atoms with E-state index in [1.54, 1.807) is 34.7 Å². The number of hydrogen-bond acceptors (Lipinski definition) is 6. The monoisotopic (exact) mass is 439 g/mol. The molecule has 31 heavy (non-hydrogen) atoms. The van der Waals surface area contributed by atoms with Crippen molar-refractivity contribution < 1.29 is 13.9 Å². The van der Waals surface area contributed by atoms with Crippen LogP contribution in [-0.2, 0) is 17.0 Å². The second kappa shape index (κ2) is 8.89. The van der Waals surface area contributed by atoms with Crippen molar-refractivity contribution >= 4 is 23.4 Å². The molecule has 1 aromatic carbocycles. The van der Waals surface area contributed by atoms with E-state index in [0.717, 1.165) is 5.69 Å². The highest BCUT2D eigenvalue weighted by Gasteiger charge is 2.19. The normalized spacial score (nSPS) is 11.4. The lowest BCUT2D eigenvalue weighted by molar-refractivity contribution is 0.0602. The first kappa shape index (κ1) is 21.0. The number of ether oxygens (including phenoxy) is 1. The molecule has 0 N–H and O–H groups in total. The zero-order chi connectivity index (χ0) is 22.0. The Labute approximate surface area is 183 Å². The number of imidazole rings is 1. The summed E-state index contributed by atoms with van der Waals surface area (Å²) in [5.74, 6) is 0.611. The van der Waals surface area contributed by atoms with Gasteiger partial charge >= 0.3 is 5.97 Å². The van der Waals surface area contributed by atoms with Gasteiger partial charge in [-0.15, -0.1) is 10.2 Å². The third-order valence-corrected chi connectivity index (χ3v) is 5.67. The van der Waals surface area contributed by atoms with E-state index in [1.807, 2.05) is 17.0 Å². The number of methoxy groups -OCH3 is 1. The first-order valence-electron chi connectivity index (χ1n) is 9.83. The van der Waals surface area contributed by atoms with Gasteiger partial charge in [0.05, 0.1) is 18.4 Å². The summed E-state index contributed by atoms with van der Waals surface area (Å²) in [6, 6.07) is 10.0. The number of fused-ring (bicyclic) bond motifs is 1. The molecular weight excluding hydrogens is 417 g/mol. The summed E-state index contributed by atoms with van der Waals surface area (Å²) < 4.78 is 23.0. The number of pyridine rings is 1. The molecule has 3 aromatic heterocycles. The van der Waals surface area contributed by atoms with Crippen LogP contribution >= 0.6 is 11.8 Å². The van der Waals surface area contributed by atoms with Gasteiger partial charge in [-0.3, -0.25) is 0 Å². The Morgan fingerprint density at radius 1 is 1.19 bits per heavy atom. The van der Waals surface area contributed by atoms with E-state index in [-0.39, 0.29) is 5.82 Å². The maximum Gasteiger partial charge on any atom is 0.341 e. The molecule has 4 rings (SSSR count). The zero-order valence-electron chi connectivity index (χ0n) is 17.4. The molecule has 0 amide bonds. The van der Waals surface area contributed by atoms with Crippen LogP contribution in [0, 0.1) is 11.7 Å². The summed E-state index contributed by atoms with van der Waals surface area (Å²) >= 11 is 1.47. The highest BCUT2D eigenvalue weighted by molar-refractivity contribution is 7.98. The molecule has 0 saturated heterocycles. The van der Waals surface area contributed by atoms with Crippen LogP contribution in [0.1, 0.15) is 29.9 Å². The zero-order valence-corrected chi connectivity index (χ0v) is 18.3. The van der Waals surface area contributed by atoms with E-state index >= 15 is 0 Å². The summed E-state index contributed by atoms with van der Waals surface area (Å²) in [5, 5.41) is 9.28. The van der Waals surface area contributed by atoms with Crippen LogP contribution in [0.3, 0.4) is 0 Å². The highest BCUT2D eigenvalue weighted by Crippen LogP contribution is 2.28. The van der Waals surface area contributed by atoms with E-state index in [4.69, 9.17) is 4.74 Å². The first-order valence-corrected chi connectivity index (χ1v) is 10.8. The van der Waals surface area contributed by atoms with E-state index in [2.05, 4.69) is 29.0 Å². The smallest absolute Gasteiger partial charge is 0.341 e. The number of nitrogens with zero attached hydrogens (tertiary/aromatic N) is 5. The van der Waals surface area contributed by atoms with Crippen molar-refractivity contribution in [2.45, 2.75) is 31.3 Å². The maximum atomic E-state index is 14.4. The van der Waals surface area contributed by atoms with Crippen molar-refractivity contribution in [1.29, 1.82) is 0 Å². The molecule has 160 valence electrons. The standard InChI is InChI=1S/C22H22FN5O2S/c1-14(2)11-28-20(16-7-4-5-9-18(16)23)25-26-22(28)31-13-15-12-27-10-6-8-17(19(27)24-15)21(29)30-3/h4-10,12,14H,11,13H2,1-3H3. The second-order valence-electron chi connectivity index (χ2n) is 7.46. The van der Waals surface area contributed by atoms with Gasteiger partial charge in [-0.25, -0.2) is 14.2 Å². The Morgan fingerprint density at radius 3 is 2.74 bits per heavy atom. The molecule has 7 nitrogen and oxygen atoms in total. The predicted molar refractivity (Wildman–Crippen MR) is 116 cm³/mol. The van der Waals surface area contributed by atoms with E-state index in [0.29, 0.717) is 46.0 Å². The van der Waals surface area contributed by atoms with Gasteiger partial charge in [0, 0.05) is 24.7 Å². The fourth-order valence-electron chi connectivity index (χ4n) is 3.31. The summed E-state index contributed by atoms with van der Waals surface area (Å²) in [6.45, 7) is 4.85. The summed E-state index contributed by atoms with van der Waals surface area (Å²) in [6.07, 6.45) is 3.70. The van der Waals surface area contributed by atoms with Gasteiger partial charge in [0.2, 0.25) is 0 Å². The topological polar surface area (TPSA) is 74.3 Å². The fourth-order valence-corrected chi connectivity index (χ4v) is 4.14. The predicted octanol–water partition coefficient (Wildman–Crippen LogP) is 4.47. The number of benzene rings is 1. The number of aromatic nitrogens is 5. The molecule has 3 heterocycles. The van der Waals surface area contributed by atoms with Crippen molar-refractivity contribution in [3.8, 4) is 11.4 Å². The Bertz CT molecular complexity index is 1230. The first-order chi connectivity index (χ1) is 15.0. The molecule has 0 saturated carbocycles. The second-order valence-corrected chi connectivity index (χ2v) is 8.40. The van der Waals surface area contributed by atoms with Gasteiger partial charge in [0.25, 0.3) is 0 Å². The number of rotatable bonds is 7. The van der Waals surface area contributed by atoms with Crippen LogP contribution < -0.4 is 0 Å². The van der Waals surface area contributed by atoms with Crippen molar-refractivity contribution in [1.82, 2.24) is 24.1 Å². The number of carbonyl (C=O) groups is 1. The molecule has 4 aromatic rings. The van der Waals surface area contributed by atoms with Crippen molar-refractivity contribution in [2.24, 2.45) is 5.92 Å². The van der Waals surface area contributed by atoms with Gasteiger partial charge in [0.1, 0.15) is 11.4 Å². The molecule has 0 aliphatic carbocycles. The van der Waals surface area contributed by atoms with Gasteiger partial charge in [-0.05, 0) is 30.2 Å². The summed E-state index contributed by atoms with van der Waals surface area (Å²) in [4.78, 5) is 16.6. The molecule has 0 atom stereocenters. The number of carbonyl (C=O) groups excluding carboxylic acids is 1. The third-order valence-electron chi connectivity index (χ3n) is 4.67. The maximum absolute atomic E-state index is 14.4. The average molecular weight is 440 g/mol. The average Bonchev–Trinajstić information content (AvgIpc) is 3.35. The lowest BCUT2D eigenvalue weighted by atomic mass is 10.2. The number of hydrogen-bond donors (Lipinski definition) is 0. The van der Waals surface area contributed by atoms with Crippen LogP contribution in [0.2, 0.25) is 0 Å². The van der Waals surface area contributed by atoms with Crippen LogP contribution in [0.25, 0.3) is 17.0 Å². The molecule has 0 radical (unpaired) electrons. The SMILES string of the molecule is COC(=O)c1cccn2cc(CSc3nnc(-c4ccccc4F)n3CC(C)C)nc12. The number of thioether (sulfide) groups is 1. The minimum absolute atomic E-state index is 0.327. The fraction of sp³-hybridized carbons (Fsp3) is 0.273. The largest absolute Gasteiger partial charge is 0.465 e. The quantitative estimate of drug-likeness (QED) is 0.313. The minimum Gasteiger partial charge on any atom is -0.465 e. The summed E-state index contributed by atoms with van der Waals surface area (Å²) in [7, 11) is 1.35. The molecule has 0 aliphatic rings. The van der Waals surface area contributed by atoms with Gasteiger partial charge < -0.3 is 13.7 Å². The lowest BCUT2D eigenvalue weighted by Crippen LogP contribution is -2.08. The molecule has 0 spiro atoms. The summed E-state index contributed by atoms with van der Waals surface area (Å²) in [5.41, 5.74) is 2.16. The Morgan fingerprint density at radius 2 is 2.00 bits per heavy atom. The van der Waals surface area contributed by atoms with Gasteiger partial charge in [-0.2, -0.15) is 0 Å². The van der Waals surface area contributed by atoms with Crippen molar-refractivity contribution in [3.05, 3.63) is 65.9 Å². The van der Waals surface area contributed by atoms with Gasteiger partial charge in [0.15, 0.2) is 16.6 Å². The molecule has 9 heteroatoms. The van der Waals surface area contributed by atoms with Crippen LogP contribution in [0.4, 0.5) is 4.39 Å². The van der Waals surface area contributed by atoms with E-state index in [1.165, 1.54) is 24.9 Å². The van der Waals surface area contributed by atoms with Gasteiger partial charge in [-0.1, -0.05) is 37.7 Å². The van der Waals surface area contributed by atoms with Crippen molar-refractivity contribution in [3.63, 3.8) is 0 Å². The van der Waals surface area contributed by atoms with Crippen LogP contribution in [0.15, 0.2) is 53.9 Å². The number of halogens is 1. The van der Waals surface area contributed by atoms with E-state index < -0.39 is 5.97 Å². The van der Waals surface area contributed by atoms with E-state index in [9.17, 15) is 9.18 Å². The highest BCUT2D eigenvalue weighted by atomic mass is 32.2. The van der Waals surface area contributed by atoms with Crippen LogP contribution in [0.5, 0.6) is 0 Å². The minimum atomic E-state index is -0.429. The Hall–Kier alpha value is -3.20. The molecular formula is C22H22FN5O2S. The lowest BCUT2D eigenvalue weighted by Gasteiger charge is -2.12. The molecule has 0 fully saturated rings. The van der Waals surface area contributed by atoms with Crippen LogP contribution in [-0.4, -0.2) is 37.2 Å². The van der Waals surface area contributed by atoms with Crippen molar-refractivity contribution in [2.75, 3.05) is 7.11 Å². The molecule has 0 aliphatic heterocycles. The number of esters is 1. The molecule has 0 bridgehead atoms.